The highest BCUT2D eigenvalue weighted by atomic mass is 32.2. The molecule has 356 valence electrons. The average molecular weight is 988 g/mol. The average Bonchev–Trinajstić information content (AvgIpc) is 3.58. The first kappa shape index (κ1) is 50.5. The predicted octanol–water partition coefficient (Wildman–Crippen LogP) is 5.09. The third-order valence-electron chi connectivity index (χ3n) is 12.1. The van der Waals surface area contributed by atoms with Crippen molar-refractivity contribution in [2.75, 3.05) is 45.4 Å². The monoisotopic (exact) mass is 987 g/mol. The number of carbonyl (C=O) groups is 1. The normalized spacial score (nSPS) is 18.4. The minimum absolute atomic E-state index is 0.0460. The summed E-state index contributed by atoms with van der Waals surface area (Å²) in [5.41, 5.74) is 1.23. The van der Waals surface area contributed by atoms with E-state index in [-0.39, 0.29) is 54.1 Å². The number of hydrogen-bond donors (Lipinski definition) is 1. The summed E-state index contributed by atoms with van der Waals surface area (Å²) in [5, 5.41) is 9.22. The Balaban J connectivity index is 1.50. The van der Waals surface area contributed by atoms with Gasteiger partial charge in [0.15, 0.2) is 12.3 Å². The molecule has 66 heavy (non-hydrogen) atoms. The number of fused-ring (bicyclic) bond motifs is 6. The van der Waals surface area contributed by atoms with E-state index in [2.05, 4.69) is 0 Å². The number of nitrogens with zero attached hydrogens (tertiary/aromatic N) is 2. The van der Waals surface area contributed by atoms with Crippen molar-refractivity contribution in [1.29, 1.82) is 0 Å². The lowest BCUT2D eigenvalue weighted by Crippen LogP contribution is -2.30. The fourth-order valence-corrected chi connectivity index (χ4v) is 11.8. The number of allylic oxidation sites excluding steroid dienone is 6. The molecule has 0 aliphatic carbocycles. The van der Waals surface area contributed by atoms with Crippen molar-refractivity contribution in [2.24, 2.45) is 0 Å². The van der Waals surface area contributed by atoms with Crippen LogP contribution in [0.25, 0.3) is 21.5 Å². The van der Waals surface area contributed by atoms with Crippen molar-refractivity contribution >= 4 is 85.1 Å². The van der Waals surface area contributed by atoms with Gasteiger partial charge in [0.25, 0.3) is 0 Å². The molecule has 2 aliphatic rings. The smallest absolute Gasteiger partial charge is 0.303 e. The highest BCUT2D eigenvalue weighted by Gasteiger charge is 2.47. The Labute approximate surface area is 383 Å². The van der Waals surface area contributed by atoms with E-state index in [1.54, 1.807) is 42.5 Å². The molecule has 0 radical (unpaired) electrons. The quantitative estimate of drug-likeness (QED) is 0.0554. The Morgan fingerprint density at radius 3 is 1.79 bits per heavy atom. The number of methoxy groups -OCH3 is 2. The molecule has 0 aromatic heterocycles. The maximum absolute atomic E-state index is 12.5. The van der Waals surface area contributed by atoms with Crippen LogP contribution in [0.15, 0.2) is 104 Å². The van der Waals surface area contributed by atoms with E-state index >= 15 is 0 Å². The molecule has 0 fully saturated rings. The van der Waals surface area contributed by atoms with Gasteiger partial charge in [-0.2, -0.15) is 4.58 Å². The Morgan fingerprint density at radius 2 is 1.26 bits per heavy atom. The van der Waals surface area contributed by atoms with Gasteiger partial charge in [-0.3, -0.25) is 4.79 Å². The molecule has 0 saturated carbocycles. The van der Waals surface area contributed by atoms with Gasteiger partial charge in [0.2, 0.25) is 5.69 Å². The van der Waals surface area contributed by atoms with Crippen molar-refractivity contribution in [1.82, 2.24) is 0 Å². The second-order valence-electron chi connectivity index (χ2n) is 16.7. The molecule has 0 amide bonds. The van der Waals surface area contributed by atoms with E-state index in [0.29, 0.717) is 71.9 Å². The van der Waals surface area contributed by atoms with Gasteiger partial charge in [-0.1, -0.05) is 30.7 Å². The molecule has 22 heteroatoms. The molecule has 0 spiro atoms. The topological polar surface area (TPSA) is 291 Å². The van der Waals surface area contributed by atoms with Crippen LogP contribution in [-0.2, 0) is 65.6 Å². The molecule has 2 heterocycles. The van der Waals surface area contributed by atoms with Gasteiger partial charge in [0.05, 0.1) is 25.0 Å². The molecule has 0 saturated heterocycles. The summed E-state index contributed by atoms with van der Waals surface area (Å²) in [6.45, 7) is 6.48. The van der Waals surface area contributed by atoms with Gasteiger partial charge in [0.1, 0.15) is 47.1 Å². The van der Waals surface area contributed by atoms with Crippen LogP contribution in [0.5, 0.6) is 0 Å². The van der Waals surface area contributed by atoms with Crippen LogP contribution < -0.4 is 4.90 Å². The maximum Gasteiger partial charge on any atom is 0.303 e. The van der Waals surface area contributed by atoms with Gasteiger partial charge >= 0.3 is 5.97 Å². The van der Waals surface area contributed by atoms with E-state index < -0.39 is 76.9 Å². The molecule has 1 N–H and O–H groups in total. The Hall–Kier alpha value is -4.88. The second kappa shape index (κ2) is 18.7. The lowest BCUT2D eigenvalue weighted by atomic mass is 9.76. The summed E-state index contributed by atoms with van der Waals surface area (Å²) >= 11 is 0. The summed E-state index contributed by atoms with van der Waals surface area (Å²) < 4.78 is 161. The van der Waals surface area contributed by atoms with Gasteiger partial charge < -0.3 is 37.7 Å². The number of anilines is 1. The molecular weight excluding hydrogens is 941 g/mol. The first-order valence-electron chi connectivity index (χ1n) is 20.4. The van der Waals surface area contributed by atoms with Crippen molar-refractivity contribution < 1.29 is 75.8 Å². The first-order valence-corrected chi connectivity index (χ1v) is 26.0. The van der Waals surface area contributed by atoms with Crippen molar-refractivity contribution in [3.8, 4) is 0 Å². The van der Waals surface area contributed by atoms with E-state index in [0.717, 1.165) is 12.1 Å². The number of carboxylic acid groups (broad SMARTS) is 1. The molecule has 2 aliphatic heterocycles. The fraction of sp³-hybridized carbons (Fsp3) is 0.364. The van der Waals surface area contributed by atoms with E-state index in [1.807, 2.05) is 30.2 Å². The number of aliphatic carboxylic acids is 1. The molecule has 4 aromatic rings. The lowest BCUT2D eigenvalue weighted by molar-refractivity contribution is -0.441. The van der Waals surface area contributed by atoms with Crippen molar-refractivity contribution in [3.05, 3.63) is 95.7 Å². The largest absolute Gasteiger partial charge is 0.744 e. The van der Waals surface area contributed by atoms with Crippen LogP contribution in [0, 0.1) is 0 Å². The van der Waals surface area contributed by atoms with Crippen LogP contribution in [0.1, 0.15) is 64.0 Å². The van der Waals surface area contributed by atoms with Gasteiger partial charge in [-0.15, -0.1) is 0 Å². The molecule has 4 aromatic carbocycles. The van der Waals surface area contributed by atoms with Crippen LogP contribution in [0.3, 0.4) is 0 Å². The first-order chi connectivity index (χ1) is 30.7. The zero-order valence-corrected chi connectivity index (χ0v) is 39.7. The zero-order chi connectivity index (χ0) is 48.8. The third-order valence-corrected chi connectivity index (χ3v) is 15.5. The Bertz CT molecular complexity index is 3230. The molecule has 18 nitrogen and oxygen atoms in total. The van der Waals surface area contributed by atoms with Crippen LogP contribution >= 0.6 is 0 Å². The summed E-state index contributed by atoms with van der Waals surface area (Å²) in [6, 6.07) is 9.27. The fourth-order valence-electron chi connectivity index (χ4n) is 9.14. The number of unbranched alkanes of at least 4 members (excludes halogenated alkanes) is 2. The van der Waals surface area contributed by atoms with E-state index in [1.165, 1.54) is 26.4 Å². The van der Waals surface area contributed by atoms with Crippen LogP contribution in [0.4, 0.5) is 11.4 Å². The zero-order valence-electron chi connectivity index (χ0n) is 36.5. The van der Waals surface area contributed by atoms with Crippen LogP contribution in [-0.4, -0.2) is 114 Å². The summed E-state index contributed by atoms with van der Waals surface area (Å²) in [4.78, 5) is 9.69. The van der Waals surface area contributed by atoms with E-state index in [9.17, 15) is 61.8 Å². The highest BCUT2D eigenvalue weighted by molar-refractivity contribution is 7.87. The molecular formula is C44H47N2O16S4-3. The molecule has 6 rings (SSSR count). The van der Waals surface area contributed by atoms with E-state index in [4.69, 9.17) is 9.47 Å². The SMILES string of the molecule is COCC[N+]1=C(/C=C/C=C/C=C2/N(CCCCCC(=O)O)c3ccc4c(S(=O)(=O)[O-])cc(S(=O)(=O)[O-])cc4c3C2(C)CCOC)C(C)(C)c2c1ccc1c(S(=O)(=O)[O-])cc(S(=O)(=O)[O-])cc21. The standard InChI is InChI=1S/C44H50N2O16S4/c1-43(2)38(46(21-23-62-5)34-17-15-30-32(41(34)43)24-28(63(49,50)51)26-36(30)65(55,56)57)12-8-6-9-13-39-44(3,19-22-61-4)42-33-25-29(64(52,53)54)27-37(66(58,59)60)31(33)16-18-35(42)45(39)20-11-7-10-14-40(47)48/h6,8-9,12-13,15-18,24-27H,7,10-11,14,19-23H2,1-5H3,(H4-,47,48,49,50,51,52,53,54,55,56,57,58,59,60)/p-3. The maximum atomic E-state index is 12.5. The summed E-state index contributed by atoms with van der Waals surface area (Å²) in [5.74, 6) is -0.946. The lowest BCUT2D eigenvalue weighted by Gasteiger charge is -2.31. The minimum atomic E-state index is -5.29. The van der Waals surface area contributed by atoms with Crippen molar-refractivity contribution in [3.63, 3.8) is 0 Å². The number of ether oxygens (including phenoxy) is 2. The Morgan fingerprint density at radius 1 is 0.697 bits per heavy atom. The summed E-state index contributed by atoms with van der Waals surface area (Å²) in [6.07, 6.45) is 10.4. The Kier molecular flexibility index (Phi) is 14.3. The molecule has 1 unspecified atom stereocenters. The van der Waals surface area contributed by atoms with Crippen LogP contribution in [0.2, 0.25) is 0 Å². The van der Waals surface area contributed by atoms with Gasteiger partial charge in [0, 0.05) is 73.7 Å². The second-order valence-corrected chi connectivity index (χ2v) is 22.1. The predicted molar refractivity (Wildman–Crippen MR) is 238 cm³/mol. The number of carboxylic acids is 1. The molecule has 1 atom stereocenters. The molecule has 0 bridgehead atoms. The minimum Gasteiger partial charge on any atom is -0.744 e. The summed E-state index contributed by atoms with van der Waals surface area (Å²) in [7, 11) is -18.0. The van der Waals surface area contributed by atoms with Crippen molar-refractivity contribution in [2.45, 2.75) is 83.3 Å². The van der Waals surface area contributed by atoms with Gasteiger partial charge in [-0.25, -0.2) is 33.7 Å². The number of benzene rings is 4. The third kappa shape index (κ3) is 9.89. The number of rotatable bonds is 19. The number of hydrogen-bond acceptors (Lipinski definition) is 16. The highest BCUT2D eigenvalue weighted by Crippen LogP contribution is 2.54. The van der Waals surface area contributed by atoms with Gasteiger partial charge in [-0.05, 0) is 104 Å².